The summed E-state index contributed by atoms with van der Waals surface area (Å²) in [6.45, 7) is 0.340. The number of benzene rings is 1. The molecule has 0 bridgehead atoms. The number of halogens is 2. The second-order valence-electron chi connectivity index (χ2n) is 2.85. The zero-order chi connectivity index (χ0) is 12.0. The molecule has 0 unspecified atom stereocenters. The third kappa shape index (κ3) is 3.62. The van der Waals surface area contributed by atoms with Crippen LogP contribution in [0.25, 0.3) is 0 Å². The minimum absolute atomic E-state index is 0.0989. The maximum Gasteiger partial charge on any atom is 0.296 e. The molecule has 0 saturated heterocycles. The summed E-state index contributed by atoms with van der Waals surface area (Å²) in [7, 11) is 0. The first kappa shape index (κ1) is 12.6. The molecule has 1 aromatic rings. The lowest BCUT2D eigenvalue weighted by molar-refractivity contribution is -0.168. The molecule has 86 valence electrons. The van der Waals surface area contributed by atoms with Crippen molar-refractivity contribution in [2.75, 3.05) is 0 Å². The summed E-state index contributed by atoms with van der Waals surface area (Å²) in [6, 6.07) is 4.41. The predicted molar refractivity (Wildman–Crippen MR) is 55.9 cm³/mol. The van der Waals surface area contributed by atoms with E-state index in [0.29, 0.717) is 10.0 Å². The summed E-state index contributed by atoms with van der Waals surface area (Å²) >= 11 is 3.01. The Morgan fingerprint density at radius 1 is 1.31 bits per heavy atom. The summed E-state index contributed by atoms with van der Waals surface area (Å²) in [5, 5.41) is 0. The van der Waals surface area contributed by atoms with Gasteiger partial charge in [0.15, 0.2) is 0 Å². The highest BCUT2D eigenvalue weighted by Gasteiger charge is 2.12. The van der Waals surface area contributed by atoms with Crippen molar-refractivity contribution in [1.29, 1.82) is 0 Å². The Morgan fingerprint density at radius 3 is 2.44 bits per heavy atom. The van der Waals surface area contributed by atoms with Crippen LogP contribution in [0.3, 0.4) is 0 Å². The SMILES string of the molecule is O=COC(Cc1ccc(Br)c(F)c1)OC=O. The van der Waals surface area contributed by atoms with E-state index < -0.39 is 12.1 Å². The van der Waals surface area contributed by atoms with Crippen molar-refractivity contribution in [2.45, 2.75) is 12.7 Å². The number of hydrogen-bond donors (Lipinski definition) is 0. The van der Waals surface area contributed by atoms with E-state index in [-0.39, 0.29) is 19.4 Å². The van der Waals surface area contributed by atoms with E-state index in [1.54, 1.807) is 6.07 Å². The van der Waals surface area contributed by atoms with Gasteiger partial charge in [0.05, 0.1) is 4.47 Å². The number of rotatable bonds is 6. The Labute approximate surface area is 99.5 Å². The fourth-order valence-corrected chi connectivity index (χ4v) is 1.36. The number of carbonyl (C=O) groups excluding carboxylic acids is 2. The van der Waals surface area contributed by atoms with Crippen LogP contribution in [0.2, 0.25) is 0 Å². The van der Waals surface area contributed by atoms with Crippen molar-refractivity contribution in [1.82, 2.24) is 0 Å². The van der Waals surface area contributed by atoms with Crippen molar-refractivity contribution in [2.24, 2.45) is 0 Å². The lowest BCUT2D eigenvalue weighted by atomic mass is 10.1. The molecule has 0 radical (unpaired) electrons. The monoisotopic (exact) mass is 290 g/mol. The molecule has 0 amide bonds. The molecule has 16 heavy (non-hydrogen) atoms. The maximum atomic E-state index is 13.1. The lowest BCUT2D eigenvalue weighted by Crippen LogP contribution is -2.18. The van der Waals surface area contributed by atoms with E-state index in [1.807, 2.05) is 0 Å². The van der Waals surface area contributed by atoms with E-state index in [2.05, 4.69) is 25.4 Å². The molecule has 4 nitrogen and oxygen atoms in total. The van der Waals surface area contributed by atoms with Gasteiger partial charge in [0.1, 0.15) is 5.82 Å². The average molecular weight is 291 g/mol. The Bertz CT molecular complexity index is 373. The molecule has 6 heteroatoms. The quantitative estimate of drug-likeness (QED) is 0.592. The van der Waals surface area contributed by atoms with E-state index >= 15 is 0 Å². The topological polar surface area (TPSA) is 52.6 Å². The van der Waals surface area contributed by atoms with Crippen LogP contribution >= 0.6 is 15.9 Å². The fourth-order valence-electron chi connectivity index (χ4n) is 1.11. The summed E-state index contributed by atoms with van der Waals surface area (Å²) in [6.07, 6.45) is -0.933. The minimum Gasteiger partial charge on any atom is -0.427 e. The molecule has 0 spiro atoms. The molecule has 0 saturated carbocycles. The Kier molecular flexibility index (Phi) is 4.91. The second-order valence-corrected chi connectivity index (χ2v) is 3.70. The highest BCUT2D eigenvalue weighted by molar-refractivity contribution is 9.10. The van der Waals surface area contributed by atoms with Crippen molar-refractivity contribution < 1.29 is 23.5 Å². The van der Waals surface area contributed by atoms with Crippen LogP contribution in [-0.2, 0) is 25.5 Å². The Morgan fingerprint density at radius 2 is 1.94 bits per heavy atom. The van der Waals surface area contributed by atoms with Crippen LogP contribution in [0.5, 0.6) is 0 Å². The van der Waals surface area contributed by atoms with Crippen LogP contribution in [0.4, 0.5) is 4.39 Å². The minimum atomic E-state index is -1.03. The third-order valence-electron chi connectivity index (χ3n) is 1.80. The number of carbonyl (C=O) groups is 2. The van der Waals surface area contributed by atoms with Crippen LogP contribution in [-0.4, -0.2) is 19.2 Å². The zero-order valence-corrected chi connectivity index (χ0v) is 9.65. The van der Waals surface area contributed by atoms with E-state index in [1.165, 1.54) is 12.1 Å². The van der Waals surface area contributed by atoms with Gasteiger partial charge in [0.25, 0.3) is 19.2 Å². The normalized spacial score (nSPS) is 9.94. The molecule has 0 aliphatic heterocycles. The van der Waals surface area contributed by atoms with Crippen molar-refractivity contribution in [3.8, 4) is 0 Å². The Hall–Kier alpha value is -1.43. The molecular weight excluding hydrogens is 283 g/mol. The molecule has 1 aromatic carbocycles. The first-order chi connectivity index (χ1) is 7.67. The molecule has 0 aromatic heterocycles. The van der Waals surface area contributed by atoms with Crippen molar-refractivity contribution >= 4 is 28.9 Å². The van der Waals surface area contributed by atoms with Gasteiger partial charge in [-0.2, -0.15) is 0 Å². The standard InChI is InChI=1S/C10H8BrFO4/c11-8-2-1-7(3-9(8)12)4-10(15-5-13)16-6-14/h1-3,5-6,10H,4H2. The lowest BCUT2D eigenvalue weighted by Gasteiger charge is -2.12. The highest BCUT2D eigenvalue weighted by atomic mass is 79.9. The highest BCUT2D eigenvalue weighted by Crippen LogP contribution is 2.17. The number of hydrogen-bond acceptors (Lipinski definition) is 4. The van der Waals surface area contributed by atoms with Crippen LogP contribution in [0, 0.1) is 5.82 Å². The molecule has 0 fully saturated rings. The second kappa shape index (κ2) is 6.22. The number of ether oxygens (including phenoxy) is 2. The Balaban J connectivity index is 2.72. The van der Waals surface area contributed by atoms with Gasteiger partial charge in [-0.1, -0.05) is 6.07 Å². The van der Waals surface area contributed by atoms with E-state index in [9.17, 15) is 14.0 Å². The summed E-state index contributed by atoms with van der Waals surface area (Å²) in [5.41, 5.74) is 0.550. The largest absolute Gasteiger partial charge is 0.427 e. The van der Waals surface area contributed by atoms with Crippen LogP contribution in [0.1, 0.15) is 5.56 Å². The van der Waals surface area contributed by atoms with Gasteiger partial charge in [-0.3, -0.25) is 9.59 Å². The van der Waals surface area contributed by atoms with Crippen molar-refractivity contribution in [3.63, 3.8) is 0 Å². The molecule has 0 aliphatic rings. The van der Waals surface area contributed by atoms with Crippen LogP contribution in [0.15, 0.2) is 22.7 Å². The van der Waals surface area contributed by atoms with Crippen molar-refractivity contribution in [3.05, 3.63) is 34.1 Å². The van der Waals surface area contributed by atoms with E-state index in [0.717, 1.165) is 0 Å². The predicted octanol–water partition coefficient (Wildman–Crippen LogP) is 1.80. The first-order valence-corrected chi connectivity index (χ1v) is 5.09. The van der Waals surface area contributed by atoms with Gasteiger partial charge >= 0.3 is 0 Å². The maximum absolute atomic E-state index is 13.1. The van der Waals surface area contributed by atoms with E-state index in [4.69, 9.17) is 0 Å². The average Bonchev–Trinajstić information content (AvgIpc) is 2.24. The molecule has 0 atom stereocenters. The van der Waals surface area contributed by atoms with Gasteiger partial charge in [0, 0.05) is 6.42 Å². The third-order valence-corrected chi connectivity index (χ3v) is 2.44. The zero-order valence-electron chi connectivity index (χ0n) is 8.06. The molecule has 1 rings (SSSR count). The summed E-state index contributed by atoms with van der Waals surface area (Å²) < 4.78 is 22.4. The molecular formula is C10H8BrFO4. The van der Waals surface area contributed by atoms with Crippen LogP contribution < -0.4 is 0 Å². The van der Waals surface area contributed by atoms with Gasteiger partial charge in [-0.05, 0) is 33.6 Å². The summed E-state index contributed by atoms with van der Waals surface area (Å²) in [5.74, 6) is -0.437. The van der Waals surface area contributed by atoms with Gasteiger partial charge < -0.3 is 9.47 Å². The van der Waals surface area contributed by atoms with Gasteiger partial charge in [-0.25, -0.2) is 4.39 Å². The molecule has 0 heterocycles. The van der Waals surface area contributed by atoms with Gasteiger partial charge in [-0.15, -0.1) is 0 Å². The first-order valence-electron chi connectivity index (χ1n) is 4.29. The van der Waals surface area contributed by atoms with Gasteiger partial charge in [0.2, 0.25) is 0 Å². The fraction of sp³-hybridized carbons (Fsp3) is 0.200. The smallest absolute Gasteiger partial charge is 0.296 e. The summed E-state index contributed by atoms with van der Waals surface area (Å²) in [4.78, 5) is 20.2. The molecule has 0 N–H and O–H groups in total. The molecule has 0 aliphatic carbocycles.